The average molecular weight is 241 g/mol. The molecule has 1 unspecified atom stereocenters. The second-order valence-corrected chi connectivity index (χ2v) is 4.97. The van der Waals surface area contributed by atoms with E-state index >= 15 is 0 Å². The van der Waals surface area contributed by atoms with Crippen LogP contribution < -0.4 is 5.32 Å². The van der Waals surface area contributed by atoms with Gasteiger partial charge in [-0.15, -0.1) is 0 Å². The van der Waals surface area contributed by atoms with E-state index in [4.69, 9.17) is 9.84 Å². The van der Waals surface area contributed by atoms with Gasteiger partial charge in [-0.1, -0.05) is 0 Å². The van der Waals surface area contributed by atoms with Crippen molar-refractivity contribution in [2.75, 3.05) is 13.2 Å². The standard InChI is InChI=1S/C12H19NO4/c14-11(9-2-1-5-17-7-9)13-10-4-3-8(6-10)12(15)16/h8-10H,1-7H2,(H,13,14)(H,15,16)/t8-,9?,10+/m1/s1. The van der Waals surface area contributed by atoms with Gasteiger partial charge >= 0.3 is 5.97 Å². The number of carboxylic acids is 1. The molecule has 17 heavy (non-hydrogen) atoms. The number of rotatable bonds is 3. The van der Waals surface area contributed by atoms with Crippen LogP contribution in [0.15, 0.2) is 0 Å². The van der Waals surface area contributed by atoms with E-state index in [1.807, 2.05) is 0 Å². The molecule has 5 heteroatoms. The van der Waals surface area contributed by atoms with Gasteiger partial charge in [0, 0.05) is 12.6 Å². The summed E-state index contributed by atoms with van der Waals surface area (Å²) >= 11 is 0. The number of amides is 1. The maximum absolute atomic E-state index is 11.9. The Labute approximate surface area is 101 Å². The van der Waals surface area contributed by atoms with Crippen LogP contribution in [0.25, 0.3) is 0 Å². The van der Waals surface area contributed by atoms with E-state index in [-0.39, 0.29) is 23.8 Å². The molecule has 2 fully saturated rings. The lowest BCUT2D eigenvalue weighted by atomic mass is 10.0. The second-order valence-electron chi connectivity index (χ2n) is 4.97. The molecule has 2 N–H and O–H groups in total. The smallest absolute Gasteiger partial charge is 0.306 e. The van der Waals surface area contributed by atoms with Gasteiger partial charge in [0.15, 0.2) is 0 Å². The number of hydrogen-bond acceptors (Lipinski definition) is 3. The molecule has 1 saturated heterocycles. The highest BCUT2D eigenvalue weighted by Crippen LogP contribution is 2.26. The monoisotopic (exact) mass is 241 g/mol. The molecule has 3 atom stereocenters. The maximum atomic E-state index is 11.9. The first-order chi connectivity index (χ1) is 8.16. The molecule has 0 spiro atoms. The molecular weight excluding hydrogens is 222 g/mol. The number of nitrogens with one attached hydrogen (secondary N) is 1. The summed E-state index contributed by atoms with van der Waals surface area (Å²) in [5, 5.41) is 11.8. The third-order valence-corrected chi connectivity index (χ3v) is 3.66. The molecular formula is C12H19NO4. The van der Waals surface area contributed by atoms with Crippen LogP contribution in [-0.4, -0.2) is 36.2 Å². The van der Waals surface area contributed by atoms with E-state index in [1.165, 1.54) is 0 Å². The Morgan fingerprint density at radius 1 is 1.18 bits per heavy atom. The van der Waals surface area contributed by atoms with Gasteiger partial charge in [-0.25, -0.2) is 0 Å². The first kappa shape index (κ1) is 12.4. The molecule has 96 valence electrons. The minimum Gasteiger partial charge on any atom is -0.481 e. The zero-order valence-electron chi connectivity index (χ0n) is 9.85. The summed E-state index contributed by atoms with van der Waals surface area (Å²) in [6.07, 6.45) is 3.81. The van der Waals surface area contributed by atoms with Gasteiger partial charge in [0.05, 0.1) is 18.4 Å². The van der Waals surface area contributed by atoms with E-state index in [9.17, 15) is 9.59 Å². The Balaban J connectivity index is 1.77. The molecule has 0 aromatic rings. The third kappa shape index (κ3) is 3.19. The number of carboxylic acid groups (broad SMARTS) is 1. The van der Waals surface area contributed by atoms with Crippen LogP contribution in [0.1, 0.15) is 32.1 Å². The lowest BCUT2D eigenvalue weighted by Gasteiger charge is -2.23. The fourth-order valence-corrected chi connectivity index (χ4v) is 2.60. The highest BCUT2D eigenvalue weighted by Gasteiger charge is 2.32. The number of hydrogen-bond donors (Lipinski definition) is 2. The average Bonchev–Trinajstić information content (AvgIpc) is 2.79. The first-order valence-corrected chi connectivity index (χ1v) is 6.27. The largest absolute Gasteiger partial charge is 0.481 e. The summed E-state index contributed by atoms with van der Waals surface area (Å²) < 4.78 is 5.27. The lowest BCUT2D eigenvalue weighted by molar-refractivity contribution is -0.141. The first-order valence-electron chi connectivity index (χ1n) is 6.27. The fraction of sp³-hybridized carbons (Fsp3) is 0.833. The van der Waals surface area contributed by atoms with Crippen molar-refractivity contribution in [1.82, 2.24) is 5.32 Å². The van der Waals surface area contributed by atoms with E-state index in [0.717, 1.165) is 25.9 Å². The summed E-state index contributed by atoms with van der Waals surface area (Å²) in [6.45, 7) is 1.25. The van der Waals surface area contributed by atoms with Crippen LogP contribution >= 0.6 is 0 Å². The Morgan fingerprint density at radius 3 is 2.59 bits per heavy atom. The second kappa shape index (κ2) is 5.49. The topological polar surface area (TPSA) is 75.6 Å². The zero-order valence-corrected chi connectivity index (χ0v) is 9.85. The molecule has 1 amide bonds. The van der Waals surface area contributed by atoms with Crippen LogP contribution in [-0.2, 0) is 14.3 Å². The van der Waals surface area contributed by atoms with Gasteiger partial charge in [-0.3, -0.25) is 9.59 Å². The minimum absolute atomic E-state index is 0.0285. The van der Waals surface area contributed by atoms with Crippen molar-refractivity contribution in [3.8, 4) is 0 Å². The normalized spacial score (nSPS) is 33.3. The molecule has 0 aromatic carbocycles. The molecule has 2 rings (SSSR count). The summed E-state index contributed by atoms with van der Waals surface area (Å²) in [4.78, 5) is 22.7. The summed E-state index contributed by atoms with van der Waals surface area (Å²) in [5.41, 5.74) is 0. The Bertz CT molecular complexity index is 299. The maximum Gasteiger partial charge on any atom is 0.306 e. The van der Waals surface area contributed by atoms with Crippen molar-refractivity contribution in [2.45, 2.75) is 38.1 Å². The predicted octanol–water partition coefficient (Wildman–Crippen LogP) is 0.782. The van der Waals surface area contributed by atoms with Crippen molar-refractivity contribution >= 4 is 11.9 Å². The zero-order chi connectivity index (χ0) is 12.3. The molecule has 1 aliphatic heterocycles. The molecule has 0 radical (unpaired) electrons. The molecule has 0 bridgehead atoms. The van der Waals surface area contributed by atoms with Gasteiger partial charge in [0.2, 0.25) is 5.91 Å². The van der Waals surface area contributed by atoms with Crippen LogP contribution in [0.5, 0.6) is 0 Å². The molecule has 1 aliphatic carbocycles. The van der Waals surface area contributed by atoms with E-state index in [2.05, 4.69) is 5.32 Å². The van der Waals surface area contributed by atoms with Crippen LogP contribution in [0, 0.1) is 11.8 Å². The van der Waals surface area contributed by atoms with E-state index in [1.54, 1.807) is 0 Å². The fourth-order valence-electron chi connectivity index (χ4n) is 2.60. The predicted molar refractivity (Wildman–Crippen MR) is 60.5 cm³/mol. The highest BCUT2D eigenvalue weighted by molar-refractivity contribution is 5.79. The lowest BCUT2D eigenvalue weighted by Crippen LogP contribution is -2.40. The molecule has 2 aliphatic rings. The number of ether oxygens (including phenoxy) is 1. The number of aliphatic carboxylic acids is 1. The van der Waals surface area contributed by atoms with E-state index < -0.39 is 5.97 Å². The van der Waals surface area contributed by atoms with E-state index in [0.29, 0.717) is 19.4 Å². The van der Waals surface area contributed by atoms with Crippen molar-refractivity contribution < 1.29 is 19.4 Å². The Kier molecular flexibility index (Phi) is 3.99. The van der Waals surface area contributed by atoms with Crippen molar-refractivity contribution in [3.63, 3.8) is 0 Å². The summed E-state index contributed by atoms with van der Waals surface area (Å²) in [7, 11) is 0. The molecule has 0 aromatic heterocycles. The Hall–Kier alpha value is -1.10. The van der Waals surface area contributed by atoms with Crippen LogP contribution in [0.3, 0.4) is 0 Å². The van der Waals surface area contributed by atoms with Gasteiger partial charge in [0.25, 0.3) is 0 Å². The van der Waals surface area contributed by atoms with Gasteiger partial charge < -0.3 is 15.2 Å². The van der Waals surface area contributed by atoms with Gasteiger partial charge in [0.1, 0.15) is 0 Å². The Morgan fingerprint density at radius 2 is 2.00 bits per heavy atom. The number of carbonyl (C=O) groups excluding carboxylic acids is 1. The molecule has 5 nitrogen and oxygen atoms in total. The third-order valence-electron chi connectivity index (χ3n) is 3.66. The van der Waals surface area contributed by atoms with Crippen LogP contribution in [0.2, 0.25) is 0 Å². The molecule has 1 saturated carbocycles. The highest BCUT2D eigenvalue weighted by atomic mass is 16.5. The van der Waals surface area contributed by atoms with Crippen LogP contribution in [0.4, 0.5) is 0 Å². The van der Waals surface area contributed by atoms with Crippen molar-refractivity contribution in [2.24, 2.45) is 11.8 Å². The SMILES string of the molecule is O=C(N[C@H]1CC[C@@H](C(=O)O)C1)C1CCCOC1. The van der Waals surface area contributed by atoms with Gasteiger partial charge in [-0.05, 0) is 32.1 Å². The minimum atomic E-state index is -0.747. The summed E-state index contributed by atoms with van der Waals surface area (Å²) in [6, 6.07) is 0.0329. The van der Waals surface area contributed by atoms with Crippen molar-refractivity contribution in [3.05, 3.63) is 0 Å². The quantitative estimate of drug-likeness (QED) is 0.765. The molecule has 1 heterocycles. The summed E-state index contributed by atoms with van der Waals surface area (Å²) in [5.74, 6) is -1.06. The van der Waals surface area contributed by atoms with Crippen molar-refractivity contribution in [1.29, 1.82) is 0 Å². The number of carbonyl (C=O) groups is 2. The van der Waals surface area contributed by atoms with Gasteiger partial charge in [-0.2, -0.15) is 0 Å².